The van der Waals surface area contributed by atoms with Crippen molar-refractivity contribution in [1.29, 1.82) is 0 Å². The highest BCUT2D eigenvalue weighted by atomic mass is 15.2. The first-order chi connectivity index (χ1) is 9.74. The maximum absolute atomic E-state index is 3.56. The number of piperidine rings is 1. The molecule has 2 fully saturated rings. The summed E-state index contributed by atoms with van der Waals surface area (Å²) < 4.78 is 0. The van der Waals surface area contributed by atoms with Gasteiger partial charge in [0.15, 0.2) is 0 Å². The first-order valence-corrected chi connectivity index (χ1v) is 8.27. The second-order valence-electron chi connectivity index (χ2n) is 6.73. The van der Waals surface area contributed by atoms with E-state index in [4.69, 9.17) is 0 Å². The van der Waals surface area contributed by atoms with Crippen LogP contribution in [0.2, 0.25) is 0 Å². The van der Waals surface area contributed by atoms with E-state index in [9.17, 15) is 0 Å². The van der Waals surface area contributed by atoms with Crippen LogP contribution in [-0.4, -0.2) is 30.6 Å². The number of nitrogens with zero attached hydrogens (tertiary/aromatic N) is 1. The van der Waals surface area contributed by atoms with Crippen LogP contribution in [0.25, 0.3) is 0 Å². The first-order valence-electron chi connectivity index (χ1n) is 8.27. The summed E-state index contributed by atoms with van der Waals surface area (Å²) in [6.45, 7) is 8.29. The lowest BCUT2D eigenvalue weighted by Crippen LogP contribution is -2.40. The molecular weight excluding hydrogens is 244 g/mol. The fourth-order valence-corrected chi connectivity index (χ4v) is 3.53. The third-order valence-corrected chi connectivity index (χ3v) is 4.91. The summed E-state index contributed by atoms with van der Waals surface area (Å²) in [5.41, 5.74) is 2.87. The molecule has 2 atom stereocenters. The number of nitrogens with one attached hydrogen (secondary N) is 1. The van der Waals surface area contributed by atoms with Crippen molar-refractivity contribution in [2.75, 3.05) is 19.6 Å². The van der Waals surface area contributed by atoms with Crippen molar-refractivity contribution in [2.45, 2.75) is 51.6 Å². The fourth-order valence-electron chi connectivity index (χ4n) is 3.53. The third kappa shape index (κ3) is 3.42. The standard InChI is InChI=1S/C18H28N2/c1-14-5-3-7-17(11-14)15(2)20(18-8-9-18)13-16-6-4-10-19-12-16/h3,5,7,11,15-16,18-19H,4,6,8-10,12-13H2,1-2H3. The van der Waals surface area contributed by atoms with E-state index < -0.39 is 0 Å². The van der Waals surface area contributed by atoms with E-state index in [-0.39, 0.29) is 0 Å². The molecule has 20 heavy (non-hydrogen) atoms. The Kier molecular flexibility index (Phi) is 4.42. The van der Waals surface area contributed by atoms with E-state index in [2.05, 4.69) is 48.3 Å². The quantitative estimate of drug-likeness (QED) is 0.882. The minimum absolute atomic E-state index is 0.560. The molecule has 1 N–H and O–H groups in total. The lowest BCUT2D eigenvalue weighted by atomic mass is 9.97. The van der Waals surface area contributed by atoms with E-state index in [0.717, 1.165) is 12.0 Å². The van der Waals surface area contributed by atoms with Crippen LogP contribution < -0.4 is 5.32 Å². The van der Waals surface area contributed by atoms with Crippen molar-refractivity contribution >= 4 is 0 Å². The van der Waals surface area contributed by atoms with Gasteiger partial charge in [0.1, 0.15) is 0 Å². The molecule has 1 heterocycles. The molecule has 110 valence electrons. The van der Waals surface area contributed by atoms with E-state index in [1.54, 1.807) is 0 Å². The molecule has 2 nitrogen and oxygen atoms in total. The van der Waals surface area contributed by atoms with Gasteiger partial charge in [-0.3, -0.25) is 4.90 Å². The van der Waals surface area contributed by atoms with Gasteiger partial charge in [0.05, 0.1) is 0 Å². The molecule has 2 aliphatic rings. The lowest BCUT2D eigenvalue weighted by Gasteiger charge is -2.34. The fraction of sp³-hybridized carbons (Fsp3) is 0.667. The number of rotatable bonds is 5. The first kappa shape index (κ1) is 14.1. The second kappa shape index (κ2) is 6.28. The van der Waals surface area contributed by atoms with E-state index in [0.29, 0.717) is 6.04 Å². The van der Waals surface area contributed by atoms with Crippen LogP contribution in [0.3, 0.4) is 0 Å². The zero-order chi connectivity index (χ0) is 13.9. The molecule has 0 radical (unpaired) electrons. The average molecular weight is 272 g/mol. The highest BCUT2D eigenvalue weighted by Crippen LogP contribution is 2.35. The van der Waals surface area contributed by atoms with Crippen LogP contribution in [0.5, 0.6) is 0 Å². The molecule has 0 amide bonds. The van der Waals surface area contributed by atoms with Gasteiger partial charge < -0.3 is 5.32 Å². The molecule has 1 saturated heterocycles. The maximum atomic E-state index is 3.56. The summed E-state index contributed by atoms with van der Waals surface area (Å²) in [7, 11) is 0. The van der Waals surface area contributed by atoms with Gasteiger partial charge >= 0.3 is 0 Å². The largest absolute Gasteiger partial charge is 0.316 e. The predicted octanol–water partition coefficient (Wildman–Crippen LogP) is 3.52. The monoisotopic (exact) mass is 272 g/mol. The Labute approximate surface area is 123 Å². The number of aryl methyl sites for hydroxylation is 1. The maximum Gasteiger partial charge on any atom is 0.0323 e. The molecular formula is C18H28N2. The molecule has 0 spiro atoms. The van der Waals surface area contributed by atoms with Crippen molar-refractivity contribution in [3.05, 3.63) is 35.4 Å². The molecule has 3 rings (SSSR count). The van der Waals surface area contributed by atoms with E-state index >= 15 is 0 Å². The Hall–Kier alpha value is -0.860. The van der Waals surface area contributed by atoms with Crippen LogP contribution in [0, 0.1) is 12.8 Å². The summed E-state index contributed by atoms with van der Waals surface area (Å²) in [4.78, 5) is 2.77. The highest BCUT2D eigenvalue weighted by Gasteiger charge is 2.34. The Balaban J connectivity index is 1.69. The van der Waals surface area contributed by atoms with Gasteiger partial charge in [-0.2, -0.15) is 0 Å². The zero-order valence-corrected chi connectivity index (χ0v) is 12.9. The lowest BCUT2D eigenvalue weighted by molar-refractivity contribution is 0.154. The molecule has 2 unspecified atom stereocenters. The Morgan fingerprint density at radius 3 is 2.80 bits per heavy atom. The Morgan fingerprint density at radius 2 is 2.15 bits per heavy atom. The van der Waals surface area contributed by atoms with Crippen LogP contribution in [0.4, 0.5) is 0 Å². The van der Waals surface area contributed by atoms with Crippen molar-refractivity contribution in [1.82, 2.24) is 10.2 Å². The minimum atomic E-state index is 0.560. The summed E-state index contributed by atoms with van der Waals surface area (Å²) >= 11 is 0. The van der Waals surface area contributed by atoms with Crippen LogP contribution >= 0.6 is 0 Å². The van der Waals surface area contributed by atoms with Crippen molar-refractivity contribution in [2.24, 2.45) is 5.92 Å². The van der Waals surface area contributed by atoms with Crippen LogP contribution in [0.15, 0.2) is 24.3 Å². The average Bonchev–Trinajstić information content (AvgIpc) is 3.30. The normalized spacial score (nSPS) is 24.9. The number of hydrogen-bond acceptors (Lipinski definition) is 2. The van der Waals surface area contributed by atoms with Gasteiger partial charge in [0.2, 0.25) is 0 Å². The van der Waals surface area contributed by atoms with Gasteiger partial charge in [0.25, 0.3) is 0 Å². The van der Waals surface area contributed by atoms with E-state index in [1.807, 2.05) is 0 Å². The van der Waals surface area contributed by atoms with Gasteiger partial charge in [-0.05, 0) is 64.1 Å². The summed E-state index contributed by atoms with van der Waals surface area (Å²) in [5.74, 6) is 0.844. The number of benzene rings is 1. The smallest absolute Gasteiger partial charge is 0.0323 e. The minimum Gasteiger partial charge on any atom is -0.316 e. The van der Waals surface area contributed by atoms with Crippen molar-refractivity contribution in [3.8, 4) is 0 Å². The molecule has 1 aromatic rings. The second-order valence-corrected chi connectivity index (χ2v) is 6.73. The number of hydrogen-bond donors (Lipinski definition) is 1. The van der Waals surface area contributed by atoms with Crippen molar-refractivity contribution in [3.63, 3.8) is 0 Å². The molecule has 0 bridgehead atoms. The molecule has 0 aromatic heterocycles. The Bertz CT molecular complexity index is 433. The predicted molar refractivity (Wildman–Crippen MR) is 84.9 cm³/mol. The SMILES string of the molecule is Cc1cccc(C(C)N(CC2CCCNC2)C2CC2)c1. The van der Waals surface area contributed by atoms with Crippen LogP contribution in [0.1, 0.15) is 49.8 Å². The van der Waals surface area contributed by atoms with Gasteiger partial charge in [-0.25, -0.2) is 0 Å². The summed E-state index contributed by atoms with van der Waals surface area (Å²) in [6, 6.07) is 10.5. The highest BCUT2D eigenvalue weighted by molar-refractivity contribution is 5.25. The molecule has 1 aromatic carbocycles. The van der Waals surface area contributed by atoms with Gasteiger partial charge in [-0.15, -0.1) is 0 Å². The van der Waals surface area contributed by atoms with Crippen molar-refractivity contribution < 1.29 is 0 Å². The van der Waals surface area contributed by atoms with Crippen LogP contribution in [-0.2, 0) is 0 Å². The summed E-state index contributed by atoms with van der Waals surface area (Å²) in [6.07, 6.45) is 5.55. The van der Waals surface area contributed by atoms with E-state index in [1.165, 1.54) is 56.4 Å². The third-order valence-electron chi connectivity index (χ3n) is 4.91. The van der Waals surface area contributed by atoms with Gasteiger partial charge in [-0.1, -0.05) is 29.8 Å². The topological polar surface area (TPSA) is 15.3 Å². The van der Waals surface area contributed by atoms with Gasteiger partial charge in [0, 0.05) is 18.6 Å². The zero-order valence-electron chi connectivity index (χ0n) is 12.9. The molecule has 2 heteroatoms. The molecule has 1 saturated carbocycles. The molecule has 1 aliphatic carbocycles. The molecule has 1 aliphatic heterocycles. The summed E-state index contributed by atoms with van der Waals surface area (Å²) in [5, 5.41) is 3.56. The Morgan fingerprint density at radius 1 is 1.30 bits per heavy atom.